The number of rotatable bonds is 7. The van der Waals surface area contributed by atoms with Crippen molar-refractivity contribution >= 4 is 10.0 Å². The van der Waals surface area contributed by atoms with E-state index in [1.165, 1.54) is 12.1 Å². The molecule has 0 bridgehead atoms. The summed E-state index contributed by atoms with van der Waals surface area (Å²) < 4.78 is 61.9. The molecule has 0 heterocycles. The molecule has 0 unspecified atom stereocenters. The van der Waals surface area contributed by atoms with E-state index in [0.717, 1.165) is 18.4 Å². The van der Waals surface area contributed by atoms with Gasteiger partial charge in [-0.1, -0.05) is 12.1 Å². The number of hydrogen-bond acceptors (Lipinski definition) is 3. The largest absolute Gasteiger partial charge is 0.390 e. The maximum atomic E-state index is 12.0. The Kier molecular flexibility index (Phi) is 4.90. The van der Waals surface area contributed by atoms with Gasteiger partial charge in [0.2, 0.25) is 10.0 Å². The average molecular weight is 322 g/mol. The predicted molar refractivity (Wildman–Crippen MR) is 72.2 cm³/mol. The predicted octanol–water partition coefficient (Wildman–Crippen LogP) is 2.17. The molecular formula is C13H17F3N2O2S. The van der Waals surface area contributed by atoms with E-state index in [1.54, 1.807) is 12.1 Å². The number of hydrogen-bond donors (Lipinski definition) is 2. The maximum absolute atomic E-state index is 12.0. The molecule has 0 spiro atoms. The van der Waals surface area contributed by atoms with Gasteiger partial charge in [0.25, 0.3) is 0 Å². The van der Waals surface area contributed by atoms with Gasteiger partial charge >= 0.3 is 6.18 Å². The molecule has 1 aromatic rings. The van der Waals surface area contributed by atoms with Crippen LogP contribution in [0.5, 0.6) is 0 Å². The van der Waals surface area contributed by atoms with E-state index in [1.807, 2.05) is 4.72 Å². The first-order valence-electron chi connectivity index (χ1n) is 6.65. The lowest BCUT2D eigenvalue weighted by molar-refractivity contribution is -0.132. The highest BCUT2D eigenvalue weighted by Crippen LogP contribution is 2.20. The summed E-state index contributed by atoms with van der Waals surface area (Å²) in [6, 6.07) is 6.71. The van der Waals surface area contributed by atoms with E-state index < -0.39 is 29.2 Å². The summed E-state index contributed by atoms with van der Waals surface area (Å²) in [6.45, 7) is -0.104. The third-order valence-electron chi connectivity index (χ3n) is 3.08. The van der Waals surface area contributed by atoms with Gasteiger partial charge in [-0.3, -0.25) is 0 Å². The van der Waals surface area contributed by atoms with E-state index >= 15 is 0 Å². The Labute approximate surface area is 121 Å². The van der Waals surface area contributed by atoms with E-state index in [4.69, 9.17) is 0 Å². The monoisotopic (exact) mass is 322 g/mol. The minimum Gasteiger partial charge on any atom is -0.310 e. The van der Waals surface area contributed by atoms with E-state index in [-0.39, 0.29) is 4.90 Å². The molecule has 8 heteroatoms. The zero-order chi connectivity index (χ0) is 15.5. The van der Waals surface area contributed by atoms with Crippen molar-refractivity contribution in [1.82, 2.24) is 10.0 Å². The topological polar surface area (TPSA) is 58.2 Å². The normalized spacial score (nSPS) is 16.1. The SMILES string of the molecule is O=S(=O)(NCCC(F)(F)F)c1cccc(CNC2CC2)c1. The van der Waals surface area contributed by atoms with Crippen molar-refractivity contribution in [2.75, 3.05) is 6.54 Å². The van der Waals surface area contributed by atoms with Crippen molar-refractivity contribution in [3.05, 3.63) is 29.8 Å². The van der Waals surface area contributed by atoms with Crippen LogP contribution in [0.1, 0.15) is 24.8 Å². The van der Waals surface area contributed by atoms with Gasteiger partial charge < -0.3 is 5.32 Å². The molecule has 0 aliphatic heterocycles. The van der Waals surface area contributed by atoms with Gasteiger partial charge in [0, 0.05) is 19.1 Å². The fraction of sp³-hybridized carbons (Fsp3) is 0.538. The van der Waals surface area contributed by atoms with Crippen LogP contribution in [-0.4, -0.2) is 27.2 Å². The minimum atomic E-state index is -4.38. The first kappa shape index (κ1) is 16.3. The first-order chi connectivity index (χ1) is 9.76. The second-order valence-electron chi connectivity index (χ2n) is 5.07. The van der Waals surface area contributed by atoms with Crippen LogP contribution >= 0.6 is 0 Å². The van der Waals surface area contributed by atoms with Crippen LogP contribution in [0.3, 0.4) is 0 Å². The molecule has 4 nitrogen and oxygen atoms in total. The lowest BCUT2D eigenvalue weighted by atomic mass is 10.2. The molecule has 1 aliphatic rings. The van der Waals surface area contributed by atoms with Crippen LogP contribution in [0.4, 0.5) is 13.2 Å². The molecule has 1 aliphatic carbocycles. The quantitative estimate of drug-likeness (QED) is 0.809. The zero-order valence-electron chi connectivity index (χ0n) is 11.3. The molecule has 118 valence electrons. The Morgan fingerprint density at radius 2 is 1.95 bits per heavy atom. The van der Waals surface area contributed by atoms with Gasteiger partial charge in [-0.15, -0.1) is 0 Å². The molecule has 2 N–H and O–H groups in total. The Bertz CT molecular complexity index is 583. The van der Waals surface area contributed by atoms with Crippen molar-refractivity contribution in [1.29, 1.82) is 0 Å². The van der Waals surface area contributed by atoms with Crippen LogP contribution < -0.4 is 10.0 Å². The summed E-state index contributed by atoms with van der Waals surface area (Å²) in [5, 5.41) is 3.25. The summed E-state index contributed by atoms with van der Waals surface area (Å²) in [7, 11) is -3.91. The minimum absolute atomic E-state index is 0.0141. The molecule has 0 radical (unpaired) electrons. The van der Waals surface area contributed by atoms with Crippen LogP contribution in [0.25, 0.3) is 0 Å². The summed E-state index contributed by atoms with van der Waals surface area (Å²) in [4.78, 5) is -0.0141. The Morgan fingerprint density at radius 1 is 1.24 bits per heavy atom. The number of sulfonamides is 1. The highest BCUT2D eigenvalue weighted by Gasteiger charge is 2.27. The van der Waals surface area contributed by atoms with Crippen molar-refractivity contribution in [2.45, 2.75) is 42.9 Å². The Hall–Kier alpha value is -1.12. The van der Waals surface area contributed by atoms with Crippen molar-refractivity contribution in [2.24, 2.45) is 0 Å². The van der Waals surface area contributed by atoms with E-state index in [9.17, 15) is 21.6 Å². The summed E-state index contributed by atoms with van der Waals surface area (Å²) in [5.41, 5.74) is 0.792. The molecule has 1 fully saturated rings. The number of nitrogens with one attached hydrogen (secondary N) is 2. The third kappa shape index (κ3) is 5.64. The second-order valence-corrected chi connectivity index (χ2v) is 6.83. The number of alkyl halides is 3. The van der Waals surface area contributed by atoms with Gasteiger partial charge in [0.15, 0.2) is 0 Å². The fourth-order valence-electron chi connectivity index (χ4n) is 1.78. The lowest BCUT2D eigenvalue weighted by Crippen LogP contribution is -2.28. The van der Waals surface area contributed by atoms with Gasteiger partial charge in [-0.25, -0.2) is 13.1 Å². The van der Waals surface area contributed by atoms with Gasteiger partial charge in [-0.2, -0.15) is 13.2 Å². The van der Waals surface area contributed by atoms with Crippen LogP contribution in [-0.2, 0) is 16.6 Å². The molecule has 1 saturated carbocycles. The molecule has 0 aromatic heterocycles. The summed E-state index contributed by atoms with van der Waals surface area (Å²) >= 11 is 0. The second kappa shape index (κ2) is 6.33. The standard InChI is InChI=1S/C13H17F3N2O2S/c14-13(15,16)6-7-18-21(19,20)12-3-1-2-10(8-12)9-17-11-4-5-11/h1-3,8,11,17-18H,4-7,9H2. The maximum Gasteiger partial charge on any atom is 0.390 e. The smallest absolute Gasteiger partial charge is 0.310 e. The molecule has 1 aromatic carbocycles. The molecule has 21 heavy (non-hydrogen) atoms. The van der Waals surface area contributed by atoms with Crippen LogP contribution in [0.2, 0.25) is 0 Å². The summed E-state index contributed by atoms with van der Waals surface area (Å²) in [5.74, 6) is 0. The van der Waals surface area contributed by atoms with Gasteiger partial charge in [0.1, 0.15) is 0 Å². The third-order valence-corrected chi connectivity index (χ3v) is 4.54. The highest BCUT2D eigenvalue weighted by atomic mass is 32.2. The highest BCUT2D eigenvalue weighted by molar-refractivity contribution is 7.89. The molecule has 0 saturated heterocycles. The first-order valence-corrected chi connectivity index (χ1v) is 8.13. The van der Waals surface area contributed by atoms with E-state index in [0.29, 0.717) is 12.6 Å². The fourth-order valence-corrected chi connectivity index (χ4v) is 2.88. The average Bonchev–Trinajstić information content (AvgIpc) is 3.19. The van der Waals surface area contributed by atoms with Crippen LogP contribution in [0, 0.1) is 0 Å². The van der Waals surface area contributed by atoms with Crippen molar-refractivity contribution in [3.63, 3.8) is 0 Å². The Morgan fingerprint density at radius 3 is 2.57 bits per heavy atom. The number of benzene rings is 1. The molecular weight excluding hydrogens is 305 g/mol. The number of halogens is 3. The molecule has 2 rings (SSSR count). The summed E-state index contributed by atoms with van der Waals surface area (Å²) in [6.07, 6.45) is -3.32. The van der Waals surface area contributed by atoms with Crippen molar-refractivity contribution < 1.29 is 21.6 Å². The van der Waals surface area contributed by atoms with Gasteiger partial charge in [-0.05, 0) is 30.5 Å². The Balaban J connectivity index is 1.96. The molecule has 0 amide bonds. The molecule has 0 atom stereocenters. The van der Waals surface area contributed by atoms with E-state index in [2.05, 4.69) is 5.32 Å². The van der Waals surface area contributed by atoms with Gasteiger partial charge in [0.05, 0.1) is 11.3 Å². The lowest BCUT2D eigenvalue weighted by Gasteiger charge is -2.10. The van der Waals surface area contributed by atoms with Crippen molar-refractivity contribution in [3.8, 4) is 0 Å². The van der Waals surface area contributed by atoms with Crippen LogP contribution in [0.15, 0.2) is 29.2 Å². The zero-order valence-corrected chi connectivity index (χ0v) is 12.1.